The number of hydrogen-bond donors (Lipinski definition) is 3. The van der Waals surface area contributed by atoms with Crippen molar-refractivity contribution in [3.63, 3.8) is 0 Å². The molecule has 5 nitrogen and oxygen atoms in total. The van der Waals surface area contributed by atoms with Crippen LogP contribution in [0.5, 0.6) is 0 Å². The summed E-state index contributed by atoms with van der Waals surface area (Å²) in [6.07, 6.45) is -1.42. The predicted molar refractivity (Wildman–Crippen MR) is 34.9 cm³/mol. The van der Waals surface area contributed by atoms with Crippen LogP contribution >= 0.6 is 0 Å². The van der Waals surface area contributed by atoms with Gasteiger partial charge >= 0.3 is 0 Å². The molecule has 0 saturated carbocycles. The van der Waals surface area contributed by atoms with E-state index in [1.165, 1.54) is 0 Å². The van der Waals surface area contributed by atoms with Gasteiger partial charge in [0.05, 0.1) is 12.1 Å². The Balaban J connectivity index is 2.67. The number of hydrogen-bond acceptors (Lipinski definition) is 5. The van der Waals surface area contributed by atoms with E-state index in [2.05, 4.69) is 5.32 Å². The monoisotopic (exact) mass is 159 g/mol. The predicted octanol–water partition coefficient (Wildman–Crippen LogP) is -2.55. The Hall–Kier alpha value is -0.780. The highest BCUT2D eigenvalue weighted by atomic mass is 16.3. The first kappa shape index (κ1) is 8.32. The molecule has 0 amide bonds. The van der Waals surface area contributed by atoms with Crippen molar-refractivity contribution in [3.05, 3.63) is 0 Å². The number of aldehydes is 2. The van der Waals surface area contributed by atoms with Gasteiger partial charge < -0.3 is 19.8 Å². The summed E-state index contributed by atoms with van der Waals surface area (Å²) in [4.78, 5) is 20.4. The van der Waals surface area contributed by atoms with Crippen LogP contribution in [0.15, 0.2) is 0 Å². The third-order valence-corrected chi connectivity index (χ3v) is 1.76. The Morgan fingerprint density at radius 2 is 1.36 bits per heavy atom. The molecule has 1 aliphatic rings. The zero-order valence-electron chi connectivity index (χ0n) is 5.68. The largest absolute Gasteiger partial charge is 0.388 e. The van der Waals surface area contributed by atoms with Crippen LogP contribution in [0.25, 0.3) is 0 Å². The number of aliphatic hydroxyl groups excluding tert-OH is 2. The maximum atomic E-state index is 10.2. The molecule has 1 fully saturated rings. The van der Waals surface area contributed by atoms with E-state index in [9.17, 15) is 9.59 Å². The number of rotatable bonds is 2. The second-order valence-corrected chi connectivity index (χ2v) is 2.47. The average molecular weight is 159 g/mol. The Kier molecular flexibility index (Phi) is 2.33. The molecule has 0 aromatic rings. The Bertz CT molecular complexity index is 154. The molecular formula is C6H9NO4. The second-order valence-electron chi connectivity index (χ2n) is 2.47. The van der Waals surface area contributed by atoms with Gasteiger partial charge in [-0.15, -0.1) is 0 Å². The first-order chi connectivity index (χ1) is 5.20. The van der Waals surface area contributed by atoms with E-state index in [0.29, 0.717) is 12.6 Å². The molecule has 62 valence electrons. The van der Waals surface area contributed by atoms with Crippen LogP contribution in [-0.4, -0.2) is 47.1 Å². The zero-order valence-corrected chi connectivity index (χ0v) is 5.68. The van der Waals surface area contributed by atoms with Gasteiger partial charge in [-0.2, -0.15) is 0 Å². The highest BCUT2D eigenvalue weighted by Crippen LogP contribution is 2.10. The zero-order chi connectivity index (χ0) is 8.43. The molecule has 1 saturated heterocycles. The van der Waals surface area contributed by atoms with Crippen LogP contribution < -0.4 is 5.32 Å². The maximum absolute atomic E-state index is 10.2. The van der Waals surface area contributed by atoms with E-state index in [1.54, 1.807) is 0 Å². The highest BCUT2D eigenvalue weighted by Gasteiger charge is 2.40. The molecule has 0 radical (unpaired) electrons. The lowest BCUT2D eigenvalue weighted by Gasteiger charge is -2.08. The third-order valence-electron chi connectivity index (χ3n) is 1.76. The fraction of sp³-hybridized carbons (Fsp3) is 0.667. The fourth-order valence-corrected chi connectivity index (χ4v) is 1.08. The van der Waals surface area contributed by atoms with Crippen LogP contribution in [0.2, 0.25) is 0 Å². The van der Waals surface area contributed by atoms with E-state index in [-0.39, 0.29) is 0 Å². The molecule has 4 atom stereocenters. The Labute approximate surface area is 63.0 Å². The molecule has 3 N–H and O–H groups in total. The number of carbonyl (C=O) groups is 2. The molecule has 0 aliphatic carbocycles. The maximum Gasteiger partial charge on any atom is 0.139 e. The van der Waals surface area contributed by atoms with E-state index in [1.807, 2.05) is 0 Å². The molecule has 11 heavy (non-hydrogen) atoms. The van der Waals surface area contributed by atoms with Gasteiger partial charge in [-0.3, -0.25) is 5.32 Å². The number of carbonyl (C=O) groups excluding carboxylic acids is 2. The minimum Gasteiger partial charge on any atom is -0.388 e. The van der Waals surface area contributed by atoms with Crippen LogP contribution in [-0.2, 0) is 9.59 Å². The molecule has 0 spiro atoms. The van der Waals surface area contributed by atoms with Crippen LogP contribution in [0.4, 0.5) is 0 Å². The first-order valence-corrected chi connectivity index (χ1v) is 3.23. The summed E-state index contributed by atoms with van der Waals surface area (Å²) in [7, 11) is 0. The van der Waals surface area contributed by atoms with Gasteiger partial charge in [0, 0.05) is 0 Å². The van der Waals surface area contributed by atoms with Crippen molar-refractivity contribution in [1.29, 1.82) is 0 Å². The highest BCUT2D eigenvalue weighted by molar-refractivity contribution is 5.66. The SMILES string of the molecule is O=CC1NC(C=O)C(O)C1O. The van der Waals surface area contributed by atoms with E-state index in [0.717, 1.165) is 0 Å². The van der Waals surface area contributed by atoms with Gasteiger partial charge in [0.1, 0.15) is 24.8 Å². The normalized spacial score (nSPS) is 43.8. The molecule has 0 aromatic carbocycles. The lowest BCUT2D eigenvalue weighted by molar-refractivity contribution is -0.112. The molecular weight excluding hydrogens is 150 g/mol. The van der Waals surface area contributed by atoms with Crippen LogP contribution in [0.1, 0.15) is 0 Å². The van der Waals surface area contributed by atoms with Crippen molar-refractivity contribution in [2.45, 2.75) is 24.3 Å². The summed E-state index contributed by atoms with van der Waals surface area (Å²) in [5, 5.41) is 20.6. The molecule has 1 rings (SSSR count). The summed E-state index contributed by atoms with van der Waals surface area (Å²) in [6.45, 7) is 0. The molecule has 0 aromatic heterocycles. The lowest BCUT2D eigenvalue weighted by Crippen LogP contribution is -2.35. The van der Waals surface area contributed by atoms with Crippen molar-refractivity contribution < 1.29 is 19.8 Å². The second kappa shape index (κ2) is 3.08. The Morgan fingerprint density at radius 1 is 1.00 bits per heavy atom. The van der Waals surface area contributed by atoms with E-state index >= 15 is 0 Å². The minimum absolute atomic E-state index is 0.470. The van der Waals surface area contributed by atoms with Crippen molar-refractivity contribution in [2.75, 3.05) is 0 Å². The topological polar surface area (TPSA) is 86.6 Å². The third kappa shape index (κ3) is 1.30. The summed E-state index contributed by atoms with van der Waals surface area (Å²) >= 11 is 0. The minimum atomic E-state index is -1.18. The van der Waals surface area contributed by atoms with Crippen molar-refractivity contribution in [2.24, 2.45) is 0 Å². The molecule has 5 heteroatoms. The molecule has 0 bridgehead atoms. The van der Waals surface area contributed by atoms with E-state index in [4.69, 9.17) is 10.2 Å². The smallest absolute Gasteiger partial charge is 0.139 e. The van der Waals surface area contributed by atoms with Crippen molar-refractivity contribution in [1.82, 2.24) is 5.32 Å². The van der Waals surface area contributed by atoms with Crippen molar-refractivity contribution in [3.8, 4) is 0 Å². The molecule has 1 heterocycles. The summed E-state index contributed by atoms with van der Waals surface area (Å²) in [5.41, 5.74) is 0. The lowest BCUT2D eigenvalue weighted by atomic mass is 10.1. The first-order valence-electron chi connectivity index (χ1n) is 3.23. The summed E-state index contributed by atoms with van der Waals surface area (Å²) < 4.78 is 0. The van der Waals surface area contributed by atoms with Gasteiger partial charge in [-0.25, -0.2) is 0 Å². The standard InChI is InChI=1S/C6H9NO4/c8-1-3-5(10)6(11)4(2-9)7-3/h1-7,10-11H. The quantitative estimate of drug-likeness (QED) is 0.386. The van der Waals surface area contributed by atoms with Gasteiger partial charge in [0.25, 0.3) is 0 Å². The van der Waals surface area contributed by atoms with E-state index < -0.39 is 24.3 Å². The van der Waals surface area contributed by atoms with Crippen LogP contribution in [0.3, 0.4) is 0 Å². The summed E-state index contributed by atoms with van der Waals surface area (Å²) in [5.74, 6) is 0. The van der Waals surface area contributed by atoms with Gasteiger partial charge in [-0.05, 0) is 0 Å². The number of aliphatic hydroxyl groups is 2. The summed E-state index contributed by atoms with van der Waals surface area (Å²) in [6, 6.07) is -1.67. The number of nitrogens with one attached hydrogen (secondary N) is 1. The van der Waals surface area contributed by atoms with Crippen LogP contribution in [0, 0.1) is 0 Å². The van der Waals surface area contributed by atoms with Crippen molar-refractivity contribution >= 4 is 12.6 Å². The fourth-order valence-electron chi connectivity index (χ4n) is 1.08. The molecule has 4 unspecified atom stereocenters. The average Bonchev–Trinajstić information content (AvgIpc) is 2.30. The molecule has 1 aliphatic heterocycles. The van der Waals surface area contributed by atoms with Gasteiger partial charge in [0.15, 0.2) is 0 Å². The van der Waals surface area contributed by atoms with Gasteiger partial charge in [-0.1, -0.05) is 0 Å². The Morgan fingerprint density at radius 3 is 1.55 bits per heavy atom. The van der Waals surface area contributed by atoms with Gasteiger partial charge in [0.2, 0.25) is 0 Å².